The van der Waals surface area contributed by atoms with E-state index in [0.29, 0.717) is 16.3 Å². The molecule has 2 aromatic heterocycles. The molecule has 11 heteroatoms. The van der Waals surface area contributed by atoms with Crippen LogP contribution in [0.15, 0.2) is 50.6 Å². The van der Waals surface area contributed by atoms with Gasteiger partial charge in [-0.15, -0.1) is 0 Å². The van der Waals surface area contributed by atoms with Crippen molar-refractivity contribution in [3.63, 3.8) is 0 Å². The van der Waals surface area contributed by atoms with Crippen LogP contribution in [-0.2, 0) is 23.0 Å². The summed E-state index contributed by atoms with van der Waals surface area (Å²) < 4.78 is 60.2. The van der Waals surface area contributed by atoms with Gasteiger partial charge < -0.3 is 9.09 Å². The Kier molecular flexibility index (Phi) is 4.11. The molecular weight excluding hydrogens is 359 g/mol. The Balaban J connectivity index is 1.91. The molecule has 0 fully saturated rings. The minimum absolute atomic E-state index is 0.205. The molecule has 0 saturated carbocycles. The minimum atomic E-state index is -4.70. The zero-order valence-electron chi connectivity index (χ0n) is 13.1. The molecule has 0 aliphatic rings. The van der Waals surface area contributed by atoms with Gasteiger partial charge in [-0.3, -0.25) is 0 Å². The molecule has 7 nitrogen and oxygen atoms in total. The highest BCUT2D eigenvalue weighted by atomic mass is 32.2. The molecule has 0 N–H and O–H groups in total. The summed E-state index contributed by atoms with van der Waals surface area (Å²) in [6, 6.07) is 5.90. The number of rotatable bonds is 3. The molecule has 25 heavy (non-hydrogen) atoms. The number of aryl methyl sites for hydroxylation is 1. The summed E-state index contributed by atoms with van der Waals surface area (Å²) >= 11 is 0. The topological polar surface area (TPSA) is 86.2 Å². The van der Waals surface area contributed by atoms with Crippen LogP contribution >= 0.6 is 0 Å². The van der Waals surface area contributed by atoms with Crippen molar-refractivity contribution in [2.75, 3.05) is 6.26 Å². The summed E-state index contributed by atoms with van der Waals surface area (Å²) in [5.74, 6) is -1.30. The Bertz CT molecular complexity index is 1010. The Morgan fingerprint density at radius 3 is 2.44 bits per heavy atom. The number of benzene rings is 1. The Labute approximate surface area is 140 Å². The van der Waals surface area contributed by atoms with Gasteiger partial charge in [0.2, 0.25) is 5.82 Å². The molecule has 0 saturated heterocycles. The fourth-order valence-corrected chi connectivity index (χ4v) is 3.19. The smallest absolute Gasteiger partial charge is 0.338 e. The van der Waals surface area contributed by atoms with Crippen LogP contribution in [-0.4, -0.2) is 30.2 Å². The highest BCUT2D eigenvalue weighted by Crippen LogP contribution is 2.29. The number of halogens is 3. The van der Waals surface area contributed by atoms with E-state index in [2.05, 4.69) is 24.0 Å². The first-order chi connectivity index (χ1) is 11.6. The van der Waals surface area contributed by atoms with Gasteiger partial charge in [0.25, 0.3) is 0 Å². The molecule has 0 radical (unpaired) electrons. The summed E-state index contributed by atoms with van der Waals surface area (Å²) in [6.07, 6.45) is -0.0985. The molecule has 3 rings (SSSR count). The van der Waals surface area contributed by atoms with E-state index in [1.54, 1.807) is 17.8 Å². The van der Waals surface area contributed by atoms with Crippen molar-refractivity contribution >= 4 is 15.5 Å². The van der Waals surface area contributed by atoms with Crippen LogP contribution in [0.1, 0.15) is 5.89 Å². The second kappa shape index (κ2) is 5.99. The maximum Gasteiger partial charge on any atom is 0.471 e. The maximum atomic E-state index is 12.7. The quantitative estimate of drug-likeness (QED) is 0.705. The molecule has 1 atom stereocenters. The average Bonchev–Trinajstić information content (AvgIpc) is 3.16. The molecule has 0 amide bonds. The van der Waals surface area contributed by atoms with Crippen LogP contribution in [0.2, 0.25) is 0 Å². The average molecular weight is 371 g/mol. The molecule has 2 heterocycles. The molecule has 132 valence electrons. The second-order valence-corrected chi connectivity index (χ2v) is 7.50. The summed E-state index contributed by atoms with van der Waals surface area (Å²) in [4.78, 5) is 7.70. The van der Waals surface area contributed by atoms with Crippen LogP contribution < -0.4 is 0 Å². The molecule has 0 bridgehead atoms. The number of alkyl halides is 3. The van der Waals surface area contributed by atoms with Gasteiger partial charge in [-0.1, -0.05) is 5.16 Å². The highest BCUT2D eigenvalue weighted by molar-refractivity contribution is 7.93. The van der Waals surface area contributed by atoms with Gasteiger partial charge in [0.15, 0.2) is 5.82 Å². The lowest BCUT2D eigenvalue weighted by atomic mass is 10.2. The van der Waals surface area contributed by atoms with E-state index >= 15 is 0 Å². The molecule has 3 aromatic rings. The van der Waals surface area contributed by atoms with Crippen molar-refractivity contribution < 1.29 is 21.9 Å². The number of hydrogen-bond donors (Lipinski definition) is 0. The Morgan fingerprint density at radius 2 is 1.92 bits per heavy atom. The molecule has 0 aliphatic carbocycles. The molecular formula is C14H12F3N5O2S. The van der Waals surface area contributed by atoms with Crippen LogP contribution in [0.4, 0.5) is 19.0 Å². The maximum absolute atomic E-state index is 12.7. The minimum Gasteiger partial charge on any atom is -0.338 e. The fourth-order valence-electron chi connectivity index (χ4n) is 1.99. The van der Waals surface area contributed by atoms with Crippen molar-refractivity contribution in [2.24, 2.45) is 11.4 Å². The van der Waals surface area contributed by atoms with Crippen LogP contribution in [0.5, 0.6) is 0 Å². The van der Waals surface area contributed by atoms with E-state index < -0.39 is 21.8 Å². The van der Waals surface area contributed by atoms with E-state index in [1.165, 1.54) is 36.8 Å². The third-order valence-electron chi connectivity index (χ3n) is 3.18. The number of hydrogen-bond acceptors (Lipinski definition) is 6. The van der Waals surface area contributed by atoms with Gasteiger partial charge in [0.05, 0.1) is 22.3 Å². The molecule has 0 spiro atoms. The van der Waals surface area contributed by atoms with Gasteiger partial charge >= 0.3 is 12.1 Å². The van der Waals surface area contributed by atoms with Crippen molar-refractivity contribution in [1.29, 1.82) is 0 Å². The number of aromatic nitrogens is 4. The van der Waals surface area contributed by atoms with Crippen molar-refractivity contribution in [1.82, 2.24) is 19.7 Å². The lowest BCUT2D eigenvalue weighted by Crippen LogP contribution is -2.04. The number of imidazole rings is 1. The monoisotopic (exact) mass is 371 g/mol. The zero-order valence-corrected chi connectivity index (χ0v) is 13.9. The number of nitrogens with zero attached hydrogens (tertiary/aromatic N) is 5. The van der Waals surface area contributed by atoms with Gasteiger partial charge in [0, 0.05) is 23.8 Å². The van der Waals surface area contributed by atoms with E-state index in [4.69, 9.17) is 0 Å². The first-order valence-corrected chi connectivity index (χ1v) is 8.79. The van der Waals surface area contributed by atoms with Crippen molar-refractivity contribution in [3.05, 3.63) is 42.7 Å². The van der Waals surface area contributed by atoms with Gasteiger partial charge in [-0.05, 0) is 24.3 Å². The molecule has 0 aliphatic heterocycles. The van der Waals surface area contributed by atoms with E-state index in [1.807, 2.05) is 0 Å². The summed E-state index contributed by atoms with van der Waals surface area (Å²) in [5.41, 5.74) is 0.302. The SMILES string of the molecule is Cn1cnc(N=S(C)(=O)c2ccc(-c3noc(C(F)(F)F)n3)cc2)c1. The second-order valence-electron chi connectivity index (χ2n) is 5.24. The lowest BCUT2D eigenvalue weighted by Gasteiger charge is -2.04. The van der Waals surface area contributed by atoms with Crippen molar-refractivity contribution in [3.8, 4) is 11.4 Å². The van der Waals surface area contributed by atoms with Gasteiger partial charge in [0.1, 0.15) is 0 Å². The van der Waals surface area contributed by atoms with E-state index in [0.717, 1.165) is 0 Å². The fraction of sp³-hybridized carbons (Fsp3) is 0.214. The summed E-state index contributed by atoms with van der Waals surface area (Å²) in [7, 11) is -1.000. The molecule has 1 aromatic carbocycles. The Hall–Kier alpha value is -2.69. The normalized spacial score (nSPS) is 14.3. The predicted octanol–water partition coefficient (Wildman–Crippen LogP) is 3.28. The Morgan fingerprint density at radius 1 is 1.24 bits per heavy atom. The van der Waals surface area contributed by atoms with Crippen LogP contribution in [0.25, 0.3) is 11.4 Å². The van der Waals surface area contributed by atoms with E-state index in [-0.39, 0.29) is 5.82 Å². The van der Waals surface area contributed by atoms with Gasteiger partial charge in [-0.25, -0.2) is 9.19 Å². The highest BCUT2D eigenvalue weighted by Gasteiger charge is 2.38. The van der Waals surface area contributed by atoms with Crippen LogP contribution in [0, 0.1) is 0 Å². The largest absolute Gasteiger partial charge is 0.471 e. The van der Waals surface area contributed by atoms with Crippen molar-refractivity contribution in [2.45, 2.75) is 11.1 Å². The third kappa shape index (κ3) is 3.71. The lowest BCUT2D eigenvalue weighted by molar-refractivity contribution is -0.159. The summed E-state index contributed by atoms with van der Waals surface area (Å²) in [6.45, 7) is 0. The van der Waals surface area contributed by atoms with Gasteiger partial charge in [-0.2, -0.15) is 22.5 Å². The third-order valence-corrected chi connectivity index (χ3v) is 4.86. The predicted molar refractivity (Wildman–Crippen MR) is 82.4 cm³/mol. The van der Waals surface area contributed by atoms with E-state index in [9.17, 15) is 17.4 Å². The molecule has 1 unspecified atom stereocenters. The first-order valence-electron chi connectivity index (χ1n) is 6.87. The standard InChI is InChI=1S/C14H12F3N5O2S/c1-22-7-11(18-8-22)21-25(2,23)10-5-3-9(4-6-10)12-19-13(24-20-12)14(15,16)17/h3-8H,1-2H3. The zero-order chi connectivity index (χ0) is 18.2. The van der Waals surface area contributed by atoms with Crippen LogP contribution in [0.3, 0.4) is 0 Å². The first kappa shape index (κ1) is 17.1. The summed E-state index contributed by atoms with van der Waals surface area (Å²) in [5, 5.41) is 3.30.